The summed E-state index contributed by atoms with van der Waals surface area (Å²) >= 11 is 0. The van der Waals surface area contributed by atoms with Crippen LogP contribution < -0.4 is 5.32 Å². The van der Waals surface area contributed by atoms with E-state index in [1.54, 1.807) is 23.3 Å². The lowest BCUT2D eigenvalue weighted by atomic mass is 10.2. The Morgan fingerprint density at radius 2 is 2.26 bits per heavy atom. The van der Waals surface area contributed by atoms with E-state index in [0.717, 1.165) is 24.2 Å². The van der Waals surface area contributed by atoms with E-state index in [1.165, 1.54) is 0 Å². The number of rotatable bonds is 5. The first-order valence-corrected chi connectivity index (χ1v) is 7.44. The molecule has 1 aliphatic rings. The zero-order valence-corrected chi connectivity index (χ0v) is 12.3. The van der Waals surface area contributed by atoms with Crippen molar-refractivity contribution in [1.29, 1.82) is 0 Å². The highest BCUT2D eigenvalue weighted by atomic mass is 16.2. The smallest absolute Gasteiger partial charge is 0.278 e. The molecule has 1 amide bonds. The van der Waals surface area contributed by atoms with Crippen molar-refractivity contribution in [2.45, 2.75) is 25.3 Å². The number of pyridine rings is 1. The minimum atomic E-state index is -0.316. The predicted octanol–water partition coefficient (Wildman–Crippen LogP) is 1.57. The molecule has 0 unspecified atom stereocenters. The van der Waals surface area contributed by atoms with Gasteiger partial charge in [-0.2, -0.15) is 5.10 Å². The van der Waals surface area contributed by atoms with Crippen molar-refractivity contribution in [3.63, 3.8) is 0 Å². The number of hydrogen-bond acceptors (Lipinski definition) is 5. The van der Waals surface area contributed by atoms with Crippen molar-refractivity contribution in [3.05, 3.63) is 53.9 Å². The van der Waals surface area contributed by atoms with Crippen LogP contribution in [0.1, 0.15) is 40.6 Å². The number of anilines is 1. The van der Waals surface area contributed by atoms with E-state index >= 15 is 0 Å². The number of aromatic amines is 1. The molecular weight excluding hydrogens is 294 g/mol. The number of H-pyrrole nitrogens is 1. The SMILES string of the molecule is O=C(Nc1ncn(Cc2ccccn2)n1)c1cc(C2CC2)[nH]n1. The van der Waals surface area contributed by atoms with E-state index in [9.17, 15) is 4.79 Å². The molecule has 0 aliphatic heterocycles. The molecule has 0 bridgehead atoms. The molecule has 3 heterocycles. The third-order valence-electron chi connectivity index (χ3n) is 3.66. The second-order valence-corrected chi connectivity index (χ2v) is 5.52. The van der Waals surface area contributed by atoms with Crippen molar-refractivity contribution in [2.75, 3.05) is 5.32 Å². The van der Waals surface area contributed by atoms with Gasteiger partial charge in [0.15, 0.2) is 5.69 Å². The van der Waals surface area contributed by atoms with Gasteiger partial charge in [-0.3, -0.25) is 20.2 Å². The van der Waals surface area contributed by atoms with Crippen LogP contribution in [0, 0.1) is 0 Å². The molecule has 1 saturated carbocycles. The fourth-order valence-corrected chi connectivity index (χ4v) is 2.31. The fraction of sp³-hybridized carbons (Fsp3) is 0.267. The molecule has 3 aromatic heterocycles. The number of amides is 1. The number of aromatic nitrogens is 6. The maximum atomic E-state index is 12.1. The summed E-state index contributed by atoms with van der Waals surface area (Å²) in [5.41, 5.74) is 2.24. The van der Waals surface area contributed by atoms with Crippen LogP contribution in [-0.2, 0) is 6.54 Å². The Bertz CT molecular complexity index is 819. The Morgan fingerprint density at radius 1 is 1.35 bits per heavy atom. The summed E-state index contributed by atoms with van der Waals surface area (Å²) in [6, 6.07) is 7.47. The molecule has 3 aromatic rings. The average Bonchev–Trinajstić information content (AvgIpc) is 3.13. The summed E-state index contributed by atoms with van der Waals surface area (Å²) in [4.78, 5) is 20.5. The second-order valence-electron chi connectivity index (χ2n) is 5.52. The molecule has 0 saturated heterocycles. The summed E-state index contributed by atoms with van der Waals surface area (Å²) in [5.74, 6) is 0.463. The monoisotopic (exact) mass is 309 g/mol. The van der Waals surface area contributed by atoms with Gasteiger partial charge in [0.05, 0.1) is 12.2 Å². The molecule has 0 aromatic carbocycles. The summed E-state index contributed by atoms with van der Waals surface area (Å²) in [6.45, 7) is 0.498. The summed E-state index contributed by atoms with van der Waals surface area (Å²) < 4.78 is 1.62. The molecule has 8 heteroatoms. The molecule has 0 spiro atoms. The fourth-order valence-electron chi connectivity index (χ4n) is 2.31. The maximum Gasteiger partial charge on any atom is 0.278 e. The molecule has 1 aliphatic carbocycles. The van der Waals surface area contributed by atoms with E-state index in [1.807, 2.05) is 18.2 Å². The molecule has 2 N–H and O–H groups in total. The third kappa shape index (κ3) is 3.10. The minimum absolute atomic E-state index is 0.252. The Hall–Kier alpha value is -3.03. The number of carbonyl (C=O) groups is 1. The number of hydrogen-bond donors (Lipinski definition) is 2. The normalized spacial score (nSPS) is 13.9. The highest BCUT2D eigenvalue weighted by molar-refractivity contribution is 6.01. The third-order valence-corrected chi connectivity index (χ3v) is 3.66. The van der Waals surface area contributed by atoms with Crippen LogP contribution in [0.3, 0.4) is 0 Å². The Kier molecular flexibility index (Phi) is 3.34. The number of carbonyl (C=O) groups excluding carboxylic acids is 1. The zero-order valence-electron chi connectivity index (χ0n) is 12.3. The summed E-state index contributed by atoms with van der Waals surface area (Å²) in [6.07, 6.45) is 5.60. The van der Waals surface area contributed by atoms with Crippen LogP contribution in [0.5, 0.6) is 0 Å². The molecule has 0 radical (unpaired) electrons. The van der Waals surface area contributed by atoms with Crippen molar-refractivity contribution >= 4 is 11.9 Å². The van der Waals surface area contributed by atoms with Crippen molar-refractivity contribution in [2.24, 2.45) is 0 Å². The predicted molar refractivity (Wildman–Crippen MR) is 81.9 cm³/mol. The van der Waals surface area contributed by atoms with E-state index in [2.05, 4.69) is 30.6 Å². The molecule has 116 valence electrons. The first-order valence-electron chi connectivity index (χ1n) is 7.44. The Balaban J connectivity index is 1.41. The minimum Gasteiger partial charge on any atom is -0.288 e. The molecule has 23 heavy (non-hydrogen) atoms. The topological polar surface area (TPSA) is 101 Å². The standard InChI is InChI=1S/C15H15N7O/c23-14(13-7-12(19-20-13)10-4-5-10)18-15-17-9-22(21-15)8-11-3-1-2-6-16-11/h1-3,6-7,9-10H,4-5,8H2,(H,19,20)(H,18,21,23). The van der Waals surface area contributed by atoms with Gasteiger partial charge in [-0.05, 0) is 31.0 Å². The lowest BCUT2D eigenvalue weighted by Gasteiger charge is -1.99. The summed E-state index contributed by atoms with van der Waals surface area (Å²) in [7, 11) is 0. The van der Waals surface area contributed by atoms with Crippen LogP contribution in [0.2, 0.25) is 0 Å². The first-order chi connectivity index (χ1) is 11.3. The van der Waals surface area contributed by atoms with Gasteiger partial charge in [0.25, 0.3) is 5.91 Å². The number of nitrogens with zero attached hydrogens (tertiary/aromatic N) is 5. The van der Waals surface area contributed by atoms with E-state index in [4.69, 9.17) is 0 Å². The first kappa shape index (κ1) is 13.6. The van der Waals surface area contributed by atoms with Gasteiger partial charge < -0.3 is 0 Å². The van der Waals surface area contributed by atoms with Crippen LogP contribution in [0.4, 0.5) is 5.95 Å². The van der Waals surface area contributed by atoms with Gasteiger partial charge in [-0.15, -0.1) is 5.10 Å². The lowest BCUT2D eigenvalue weighted by molar-refractivity contribution is 0.102. The van der Waals surface area contributed by atoms with Crippen LogP contribution in [0.15, 0.2) is 36.8 Å². The highest BCUT2D eigenvalue weighted by Gasteiger charge is 2.26. The van der Waals surface area contributed by atoms with Gasteiger partial charge in [0, 0.05) is 17.8 Å². The Morgan fingerprint density at radius 3 is 3.04 bits per heavy atom. The van der Waals surface area contributed by atoms with E-state index in [0.29, 0.717) is 18.2 Å². The largest absolute Gasteiger partial charge is 0.288 e. The quantitative estimate of drug-likeness (QED) is 0.745. The van der Waals surface area contributed by atoms with Crippen LogP contribution >= 0.6 is 0 Å². The van der Waals surface area contributed by atoms with Crippen LogP contribution in [-0.4, -0.2) is 35.9 Å². The van der Waals surface area contributed by atoms with Gasteiger partial charge in [-0.25, -0.2) is 9.67 Å². The zero-order chi connectivity index (χ0) is 15.6. The van der Waals surface area contributed by atoms with Gasteiger partial charge in [0.2, 0.25) is 5.95 Å². The number of nitrogens with one attached hydrogen (secondary N) is 2. The Labute approximate surface area is 132 Å². The highest BCUT2D eigenvalue weighted by Crippen LogP contribution is 2.38. The second kappa shape index (κ2) is 5.64. The summed E-state index contributed by atoms with van der Waals surface area (Å²) in [5, 5.41) is 13.8. The van der Waals surface area contributed by atoms with Gasteiger partial charge in [0.1, 0.15) is 6.33 Å². The molecular formula is C15H15N7O. The van der Waals surface area contributed by atoms with Gasteiger partial charge in [-0.1, -0.05) is 6.07 Å². The lowest BCUT2D eigenvalue weighted by Crippen LogP contribution is -2.14. The average molecular weight is 309 g/mol. The van der Waals surface area contributed by atoms with Gasteiger partial charge >= 0.3 is 0 Å². The van der Waals surface area contributed by atoms with Crippen molar-refractivity contribution < 1.29 is 4.79 Å². The van der Waals surface area contributed by atoms with Crippen molar-refractivity contribution in [3.8, 4) is 0 Å². The molecule has 8 nitrogen and oxygen atoms in total. The van der Waals surface area contributed by atoms with Crippen molar-refractivity contribution in [1.82, 2.24) is 29.9 Å². The van der Waals surface area contributed by atoms with E-state index in [-0.39, 0.29) is 11.9 Å². The van der Waals surface area contributed by atoms with Crippen LogP contribution in [0.25, 0.3) is 0 Å². The molecule has 4 rings (SSSR count). The molecule has 0 atom stereocenters. The van der Waals surface area contributed by atoms with E-state index < -0.39 is 0 Å². The maximum absolute atomic E-state index is 12.1. The molecule has 1 fully saturated rings.